The Balaban J connectivity index is 2.82. The van der Waals surface area contributed by atoms with Crippen molar-refractivity contribution in [3.63, 3.8) is 0 Å². The predicted molar refractivity (Wildman–Crippen MR) is 124 cm³/mol. The van der Waals surface area contributed by atoms with E-state index in [0.29, 0.717) is 16.5 Å². The summed E-state index contributed by atoms with van der Waals surface area (Å²) < 4.78 is 35.3. The van der Waals surface area contributed by atoms with E-state index in [4.69, 9.17) is 9.47 Å². The van der Waals surface area contributed by atoms with Crippen LogP contribution in [0.4, 0.5) is 10.5 Å². The Morgan fingerprint density at radius 1 is 1.23 bits per heavy atom. The van der Waals surface area contributed by atoms with Crippen molar-refractivity contribution >= 4 is 42.9 Å². The van der Waals surface area contributed by atoms with Crippen LogP contribution in [0.25, 0.3) is 0 Å². The van der Waals surface area contributed by atoms with E-state index >= 15 is 0 Å². The number of hydrogen-bond acceptors (Lipinski definition) is 5. The Labute approximate surface area is 192 Å². The zero-order chi connectivity index (χ0) is 23.3. The van der Waals surface area contributed by atoms with E-state index in [1.807, 2.05) is 20.8 Å². The first-order valence-corrected chi connectivity index (χ1v) is 11.4. The molecule has 1 atom stereocenters. The van der Waals surface area contributed by atoms with Crippen LogP contribution in [0.15, 0.2) is 47.4 Å². The topological polar surface area (TPSA) is 93.1 Å². The molecule has 0 saturated carbocycles. The van der Waals surface area contributed by atoms with Crippen molar-refractivity contribution in [3.05, 3.63) is 53.0 Å². The van der Waals surface area contributed by atoms with Crippen LogP contribution in [0.3, 0.4) is 0 Å². The monoisotopic (exact) mass is 509 g/mol. The van der Waals surface area contributed by atoms with Crippen molar-refractivity contribution in [1.82, 2.24) is 0 Å². The molecular weight excluding hydrogens is 486 g/mol. The van der Waals surface area contributed by atoms with Gasteiger partial charge in [0.2, 0.25) is 10.3 Å². The van der Waals surface area contributed by atoms with Crippen molar-refractivity contribution < 1.29 is 27.8 Å². The van der Waals surface area contributed by atoms with E-state index in [1.54, 1.807) is 30.3 Å². The van der Waals surface area contributed by atoms with Gasteiger partial charge in [-0.3, -0.25) is 4.90 Å². The highest BCUT2D eigenvalue weighted by Gasteiger charge is 2.40. The molecule has 9 heteroatoms. The fraction of sp³-hybridized carbons (Fsp3) is 0.364. The molecule has 0 spiro atoms. The van der Waals surface area contributed by atoms with Crippen molar-refractivity contribution in [2.75, 3.05) is 24.4 Å². The van der Waals surface area contributed by atoms with Gasteiger partial charge in [-0.1, -0.05) is 54.6 Å². The number of rotatable bonds is 4. The summed E-state index contributed by atoms with van der Waals surface area (Å²) in [6.07, 6.45) is 0.275. The van der Waals surface area contributed by atoms with Gasteiger partial charge in [-0.05, 0) is 29.7 Å². The highest BCUT2D eigenvalue weighted by atomic mass is 79.9. The number of halogens is 1. The van der Waals surface area contributed by atoms with Crippen molar-refractivity contribution in [3.8, 4) is 11.8 Å². The molecule has 1 aliphatic rings. The zero-order valence-corrected chi connectivity index (χ0v) is 20.3. The Kier molecular flexibility index (Phi) is 7.98. The van der Waals surface area contributed by atoms with Crippen LogP contribution in [-0.4, -0.2) is 50.1 Å². The van der Waals surface area contributed by atoms with Gasteiger partial charge in [0.25, 0.3) is 0 Å². The smallest absolute Gasteiger partial charge is 0.412 e. The van der Waals surface area contributed by atoms with Gasteiger partial charge in [0, 0.05) is 16.8 Å². The van der Waals surface area contributed by atoms with Crippen LogP contribution in [0.2, 0.25) is 0 Å². The van der Waals surface area contributed by atoms with E-state index in [1.165, 1.54) is 14.2 Å². The number of carbonyl (C=O) groups is 1. The minimum Gasteiger partial charge on any atom is -0.493 e. The summed E-state index contributed by atoms with van der Waals surface area (Å²) in [5.74, 6) is 6.02. The number of anilines is 1. The number of benzene rings is 1. The van der Waals surface area contributed by atoms with Crippen LogP contribution in [0.5, 0.6) is 0 Å². The maximum absolute atomic E-state index is 12.3. The SMILES string of the molecule is COC1=C(OC)C(=S(=O)=O)C(N(C(=O)O)c2cccc(C#CCBr)c2)C=C1C(C)(C)C. The normalized spacial score (nSPS) is 16.1. The van der Waals surface area contributed by atoms with Crippen LogP contribution in [0.1, 0.15) is 26.3 Å². The Morgan fingerprint density at radius 2 is 1.87 bits per heavy atom. The Hall–Kier alpha value is -2.70. The first-order chi connectivity index (χ1) is 14.6. The second kappa shape index (κ2) is 10.1. The Bertz CT molecular complexity index is 1120. The first-order valence-electron chi connectivity index (χ1n) is 9.25. The molecule has 1 aliphatic carbocycles. The van der Waals surface area contributed by atoms with E-state index in [9.17, 15) is 18.3 Å². The third kappa shape index (κ3) is 5.32. The van der Waals surface area contributed by atoms with Crippen LogP contribution in [0, 0.1) is 17.3 Å². The summed E-state index contributed by atoms with van der Waals surface area (Å²) in [6.45, 7) is 5.76. The lowest BCUT2D eigenvalue weighted by Crippen LogP contribution is -2.47. The number of carboxylic acid groups (broad SMARTS) is 1. The summed E-state index contributed by atoms with van der Waals surface area (Å²) in [6, 6.07) is 5.45. The maximum Gasteiger partial charge on any atom is 0.412 e. The average Bonchev–Trinajstić information content (AvgIpc) is 2.70. The largest absolute Gasteiger partial charge is 0.493 e. The standard InChI is InChI=1S/C22H24BrNO6S/c1-22(2,3)16-13-17(20(31(27)28)19(30-5)18(16)29-4)24(21(25)26)15-10-6-8-14(12-15)9-7-11-23/h6,8,10,12-13,17H,11H2,1-5H3,(H,25,26). The van der Waals surface area contributed by atoms with Gasteiger partial charge in [-0.15, -0.1) is 0 Å². The Morgan fingerprint density at radius 3 is 2.35 bits per heavy atom. The van der Waals surface area contributed by atoms with Gasteiger partial charge in [-0.2, -0.15) is 8.42 Å². The third-order valence-electron chi connectivity index (χ3n) is 4.57. The van der Waals surface area contributed by atoms with E-state index in [0.717, 1.165) is 4.90 Å². The molecule has 1 aromatic rings. The van der Waals surface area contributed by atoms with Crippen LogP contribution in [-0.2, 0) is 19.8 Å². The lowest BCUT2D eigenvalue weighted by Gasteiger charge is -2.35. The molecule has 1 N–H and O–H groups in total. The molecule has 1 amide bonds. The summed E-state index contributed by atoms with van der Waals surface area (Å²) in [5, 5.41) is 10.5. The van der Waals surface area contributed by atoms with Crippen LogP contribution >= 0.6 is 15.9 Å². The van der Waals surface area contributed by atoms with Gasteiger partial charge in [-0.25, -0.2) is 4.79 Å². The molecule has 0 fully saturated rings. The van der Waals surface area contributed by atoms with E-state index in [-0.39, 0.29) is 22.1 Å². The molecule has 31 heavy (non-hydrogen) atoms. The van der Waals surface area contributed by atoms with Gasteiger partial charge in [0.05, 0.1) is 19.5 Å². The molecule has 0 bridgehead atoms. The molecule has 0 aliphatic heterocycles. The molecule has 0 heterocycles. The maximum atomic E-state index is 12.3. The van der Waals surface area contributed by atoms with Crippen molar-refractivity contribution in [2.45, 2.75) is 26.8 Å². The molecular formula is C22H24BrNO6S. The lowest BCUT2D eigenvalue weighted by molar-refractivity contribution is 0.200. The molecule has 7 nitrogen and oxygen atoms in total. The molecule has 1 aromatic carbocycles. The fourth-order valence-corrected chi connectivity index (χ4v) is 4.13. The third-order valence-corrected chi connectivity index (χ3v) is 5.64. The summed E-state index contributed by atoms with van der Waals surface area (Å²) >= 11 is 3.23. The minimum atomic E-state index is -2.78. The highest BCUT2D eigenvalue weighted by molar-refractivity contribution is 9.09. The number of nitrogens with zero attached hydrogens (tertiary/aromatic N) is 1. The quantitative estimate of drug-likeness (QED) is 0.376. The number of ether oxygens (including phenoxy) is 2. The first kappa shape index (κ1) is 24.6. The molecule has 0 radical (unpaired) electrons. The van der Waals surface area contributed by atoms with Gasteiger partial charge >= 0.3 is 6.09 Å². The molecule has 2 rings (SSSR count). The second-order valence-electron chi connectivity index (χ2n) is 7.58. The molecule has 0 saturated heterocycles. The summed E-state index contributed by atoms with van der Waals surface area (Å²) in [4.78, 5) is 13.1. The molecule has 166 valence electrons. The minimum absolute atomic E-state index is 0.0188. The molecule has 1 unspecified atom stereocenters. The number of alkyl halides is 1. The highest BCUT2D eigenvalue weighted by Crippen LogP contribution is 2.39. The van der Waals surface area contributed by atoms with E-state index in [2.05, 4.69) is 27.8 Å². The average molecular weight is 510 g/mol. The number of amides is 1. The van der Waals surface area contributed by atoms with Crippen molar-refractivity contribution in [2.24, 2.45) is 5.41 Å². The number of methoxy groups -OCH3 is 2. The number of allylic oxidation sites excluding steroid dienone is 1. The van der Waals surface area contributed by atoms with Crippen LogP contribution < -0.4 is 4.90 Å². The van der Waals surface area contributed by atoms with Gasteiger partial charge < -0.3 is 14.6 Å². The van der Waals surface area contributed by atoms with Gasteiger partial charge in [0.15, 0.2) is 11.5 Å². The predicted octanol–water partition coefficient (Wildman–Crippen LogP) is 3.83. The fourth-order valence-electron chi connectivity index (χ4n) is 3.29. The van der Waals surface area contributed by atoms with E-state index < -0.39 is 27.8 Å². The second-order valence-corrected chi connectivity index (χ2v) is 9.05. The number of hydrogen-bond donors (Lipinski definition) is 1. The summed E-state index contributed by atoms with van der Waals surface area (Å²) in [5.41, 5.74) is 1.04. The van der Waals surface area contributed by atoms with Crippen molar-refractivity contribution in [1.29, 1.82) is 0 Å². The zero-order valence-electron chi connectivity index (χ0n) is 17.9. The van der Waals surface area contributed by atoms with Gasteiger partial charge in [0.1, 0.15) is 10.9 Å². The lowest BCUT2D eigenvalue weighted by atomic mass is 9.80. The summed E-state index contributed by atoms with van der Waals surface area (Å²) in [7, 11) is -0.0350. The molecule has 0 aromatic heterocycles.